The van der Waals surface area contributed by atoms with Gasteiger partial charge in [-0.1, -0.05) is 12.2 Å². The molecule has 9 nitrogen and oxygen atoms in total. The summed E-state index contributed by atoms with van der Waals surface area (Å²) in [4.78, 5) is 27.9. The standard InChI is InChI=1S/C20H22N2O7/c1-25-15(26-2)8-21-18(23)16-13-5-6-20(29-13)9-22(19(24)17(16)20)11-3-4-12-14(7-11)28-10-27-12/h3-7,13,15-17H,8-10H2,1-2H3,(H,21,23)/t13-,16-,17+,20+/m1/s1. The first kappa shape index (κ1) is 18.4. The van der Waals surface area contributed by atoms with Crippen LogP contribution in [0.4, 0.5) is 5.69 Å². The number of carbonyl (C=O) groups is 2. The molecule has 0 saturated carbocycles. The van der Waals surface area contributed by atoms with E-state index in [9.17, 15) is 9.59 Å². The topological polar surface area (TPSA) is 95.6 Å². The van der Waals surface area contributed by atoms with Gasteiger partial charge in [0.15, 0.2) is 17.8 Å². The second kappa shape index (κ2) is 6.72. The van der Waals surface area contributed by atoms with E-state index in [1.54, 1.807) is 17.0 Å². The molecule has 4 aliphatic rings. The summed E-state index contributed by atoms with van der Waals surface area (Å²) in [6.45, 7) is 0.712. The van der Waals surface area contributed by atoms with Crippen molar-refractivity contribution in [3.8, 4) is 11.5 Å². The van der Waals surface area contributed by atoms with Crippen LogP contribution in [0.2, 0.25) is 0 Å². The normalized spacial score (nSPS) is 31.1. The fraction of sp³-hybridized carbons (Fsp3) is 0.500. The molecule has 4 heterocycles. The third-order valence-electron chi connectivity index (χ3n) is 6.04. The predicted molar refractivity (Wildman–Crippen MR) is 99.5 cm³/mol. The molecular weight excluding hydrogens is 380 g/mol. The van der Waals surface area contributed by atoms with E-state index in [-0.39, 0.29) is 25.2 Å². The number of benzene rings is 1. The second-order valence-electron chi connectivity index (χ2n) is 7.51. The van der Waals surface area contributed by atoms with Crippen LogP contribution in [0.15, 0.2) is 30.4 Å². The van der Waals surface area contributed by atoms with Crippen molar-refractivity contribution in [1.82, 2.24) is 5.32 Å². The molecule has 2 fully saturated rings. The van der Waals surface area contributed by atoms with Crippen LogP contribution in [-0.4, -0.2) is 63.9 Å². The SMILES string of the molecule is COC(CNC(=O)[C@H]1[C@H]2C(=O)N(c3ccc4c(c3)OCO4)C[C@@]23C=C[C@H]1O3)OC. The Bertz CT molecular complexity index is 884. The molecule has 2 amide bonds. The van der Waals surface area contributed by atoms with E-state index >= 15 is 0 Å². The summed E-state index contributed by atoms with van der Waals surface area (Å²) in [6, 6.07) is 5.38. The van der Waals surface area contributed by atoms with Crippen LogP contribution in [0.25, 0.3) is 0 Å². The monoisotopic (exact) mass is 402 g/mol. The van der Waals surface area contributed by atoms with Crippen molar-refractivity contribution in [2.75, 3.05) is 39.0 Å². The van der Waals surface area contributed by atoms with E-state index in [0.29, 0.717) is 23.7 Å². The zero-order valence-electron chi connectivity index (χ0n) is 16.1. The highest BCUT2D eigenvalue weighted by Crippen LogP contribution is 2.53. The summed E-state index contributed by atoms with van der Waals surface area (Å²) in [5.41, 5.74) is -0.0938. The number of nitrogens with zero attached hydrogens (tertiary/aromatic N) is 1. The number of amides is 2. The van der Waals surface area contributed by atoms with Gasteiger partial charge in [-0.05, 0) is 12.1 Å². The van der Waals surface area contributed by atoms with Crippen molar-refractivity contribution in [3.05, 3.63) is 30.4 Å². The van der Waals surface area contributed by atoms with Crippen LogP contribution in [-0.2, 0) is 23.8 Å². The van der Waals surface area contributed by atoms with E-state index in [0.717, 1.165) is 0 Å². The Labute approximate surface area is 167 Å². The molecule has 0 aliphatic carbocycles. The Kier molecular flexibility index (Phi) is 4.27. The zero-order valence-corrected chi connectivity index (χ0v) is 16.1. The van der Waals surface area contributed by atoms with Crippen LogP contribution in [0.1, 0.15) is 0 Å². The first-order valence-corrected chi connectivity index (χ1v) is 9.48. The highest BCUT2D eigenvalue weighted by molar-refractivity contribution is 6.03. The summed E-state index contributed by atoms with van der Waals surface area (Å²) < 4.78 is 27.1. The Balaban J connectivity index is 1.38. The minimum absolute atomic E-state index is 0.133. The molecule has 1 N–H and O–H groups in total. The lowest BCUT2D eigenvalue weighted by Crippen LogP contribution is -2.46. The van der Waals surface area contributed by atoms with E-state index in [2.05, 4.69) is 5.32 Å². The number of hydrogen-bond acceptors (Lipinski definition) is 7. The fourth-order valence-electron chi connectivity index (χ4n) is 4.63. The third-order valence-corrected chi connectivity index (χ3v) is 6.04. The van der Waals surface area contributed by atoms with E-state index in [1.165, 1.54) is 14.2 Å². The Morgan fingerprint density at radius 1 is 1.31 bits per heavy atom. The Morgan fingerprint density at radius 2 is 2.10 bits per heavy atom. The predicted octanol–water partition coefficient (Wildman–Crippen LogP) is 0.437. The number of methoxy groups -OCH3 is 2. The molecule has 5 rings (SSSR count). The molecular formula is C20H22N2O7. The van der Waals surface area contributed by atoms with Gasteiger partial charge in [-0.15, -0.1) is 0 Å². The number of rotatable bonds is 6. The quantitative estimate of drug-likeness (QED) is 0.545. The van der Waals surface area contributed by atoms with Crippen LogP contribution < -0.4 is 19.7 Å². The minimum Gasteiger partial charge on any atom is -0.454 e. The summed E-state index contributed by atoms with van der Waals surface area (Å²) in [6.07, 6.45) is 2.84. The van der Waals surface area contributed by atoms with E-state index in [1.807, 2.05) is 18.2 Å². The van der Waals surface area contributed by atoms with Gasteiger partial charge in [-0.25, -0.2) is 0 Å². The number of hydrogen-bond donors (Lipinski definition) is 1. The van der Waals surface area contributed by atoms with Crippen molar-refractivity contribution < 1.29 is 33.3 Å². The molecule has 4 atom stereocenters. The van der Waals surface area contributed by atoms with Gasteiger partial charge in [-0.3, -0.25) is 9.59 Å². The molecule has 0 unspecified atom stereocenters. The van der Waals surface area contributed by atoms with Gasteiger partial charge in [0.25, 0.3) is 0 Å². The lowest BCUT2D eigenvalue weighted by Gasteiger charge is -2.24. The van der Waals surface area contributed by atoms with Gasteiger partial charge >= 0.3 is 0 Å². The van der Waals surface area contributed by atoms with Crippen molar-refractivity contribution in [3.63, 3.8) is 0 Å². The number of ether oxygens (including phenoxy) is 5. The molecule has 29 heavy (non-hydrogen) atoms. The number of carbonyl (C=O) groups excluding carboxylic acids is 2. The van der Waals surface area contributed by atoms with E-state index in [4.69, 9.17) is 23.7 Å². The van der Waals surface area contributed by atoms with E-state index < -0.39 is 29.8 Å². The molecule has 0 radical (unpaired) electrons. The number of anilines is 1. The number of fused-ring (bicyclic) bond motifs is 2. The van der Waals surface area contributed by atoms with Crippen molar-refractivity contribution in [2.24, 2.45) is 11.8 Å². The lowest BCUT2D eigenvalue weighted by molar-refractivity contribution is -0.135. The molecule has 2 bridgehead atoms. The highest BCUT2D eigenvalue weighted by Gasteiger charge is 2.67. The van der Waals surface area contributed by atoms with Gasteiger partial charge in [-0.2, -0.15) is 0 Å². The summed E-state index contributed by atoms with van der Waals surface area (Å²) >= 11 is 0. The fourth-order valence-corrected chi connectivity index (χ4v) is 4.63. The van der Waals surface area contributed by atoms with Gasteiger partial charge in [0.2, 0.25) is 18.6 Å². The van der Waals surface area contributed by atoms with Gasteiger partial charge < -0.3 is 33.9 Å². The highest BCUT2D eigenvalue weighted by atomic mass is 16.7. The van der Waals surface area contributed by atoms with Crippen molar-refractivity contribution >= 4 is 17.5 Å². The average molecular weight is 402 g/mol. The van der Waals surface area contributed by atoms with Crippen molar-refractivity contribution in [1.29, 1.82) is 0 Å². The maximum Gasteiger partial charge on any atom is 0.234 e. The van der Waals surface area contributed by atoms with Gasteiger partial charge in [0.1, 0.15) is 5.60 Å². The van der Waals surface area contributed by atoms with Crippen LogP contribution in [0.5, 0.6) is 11.5 Å². The second-order valence-corrected chi connectivity index (χ2v) is 7.51. The minimum atomic E-state index is -0.790. The van der Waals surface area contributed by atoms with Crippen LogP contribution in [0.3, 0.4) is 0 Å². The third kappa shape index (κ3) is 2.72. The first-order chi connectivity index (χ1) is 14.1. The van der Waals surface area contributed by atoms with Gasteiger partial charge in [0, 0.05) is 26.0 Å². The van der Waals surface area contributed by atoms with Crippen molar-refractivity contribution in [2.45, 2.75) is 18.0 Å². The molecule has 1 spiro atoms. The summed E-state index contributed by atoms with van der Waals surface area (Å²) in [5.74, 6) is -0.298. The molecule has 1 aromatic rings. The maximum absolute atomic E-state index is 13.3. The Morgan fingerprint density at radius 3 is 2.90 bits per heavy atom. The molecule has 2 saturated heterocycles. The zero-order chi connectivity index (χ0) is 20.2. The molecule has 0 aromatic heterocycles. The molecule has 4 aliphatic heterocycles. The smallest absolute Gasteiger partial charge is 0.234 e. The molecule has 154 valence electrons. The van der Waals surface area contributed by atoms with Crippen LogP contribution >= 0.6 is 0 Å². The van der Waals surface area contributed by atoms with Gasteiger partial charge in [0.05, 0.1) is 31.0 Å². The van der Waals surface area contributed by atoms with Crippen LogP contribution in [0, 0.1) is 11.8 Å². The maximum atomic E-state index is 13.3. The molecule has 9 heteroatoms. The molecule has 1 aromatic carbocycles. The number of nitrogens with one attached hydrogen (secondary N) is 1. The largest absolute Gasteiger partial charge is 0.454 e. The average Bonchev–Trinajstić information content (AvgIpc) is 3.48. The Hall–Kier alpha value is -2.62. The summed E-state index contributed by atoms with van der Waals surface area (Å²) in [5, 5.41) is 2.82. The lowest BCUT2D eigenvalue weighted by atomic mass is 9.77. The summed E-state index contributed by atoms with van der Waals surface area (Å²) in [7, 11) is 3.00. The first-order valence-electron chi connectivity index (χ1n) is 9.48.